The highest BCUT2D eigenvalue weighted by molar-refractivity contribution is 5.94. The number of pyridine rings is 1. The molecule has 0 atom stereocenters. The SMILES string of the molecule is Cc1ccc2nc(C)c(C(=O)N(Cc3ccccc3)C(C)C)n2c1. The molecular weight excluding hydrogens is 298 g/mol. The Bertz CT molecular complexity index is 865. The summed E-state index contributed by atoms with van der Waals surface area (Å²) in [5, 5.41) is 0. The van der Waals surface area contributed by atoms with E-state index in [4.69, 9.17) is 0 Å². The molecule has 1 amide bonds. The normalized spacial score (nSPS) is 11.2. The van der Waals surface area contributed by atoms with E-state index in [2.05, 4.69) is 4.98 Å². The lowest BCUT2D eigenvalue weighted by atomic mass is 10.1. The third-order valence-corrected chi connectivity index (χ3v) is 4.22. The summed E-state index contributed by atoms with van der Waals surface area (Å²) in [7, 11) is 0. The average molecular weight is 321 g/mol. The van der Waals surface area contributed by atoms with Gasteiger partial charge in [-0.1, -0.05) is 36.4 Å². The molecule has 0 bridgehead atoms. The maximum Gasteiger partial charge on any atom is 0.273 e. The van der Waals surface area contributed by atoms with Crippen molar-refractivity contribution in [3.8, 4) is 0 Å². The highest BCUT2D eigenvalue weighted by Crippen LogP contribution is 2.18. The van der Waals surface area contributed by atoms with Crippen molar-refractivity contribution in [3.63, 3.8) is 0 Å². The zero-order valence-electron chi connectivity index (χ0n) is 14.7. The van der Waals surface area contributed by atoms with Gasteiger partial charge in [0.25, 0.3) is 5.91 Å². The first-order chi connectivity index (χ1) is 11.5. The number of aryl methyl sites for hydroxylation is 2. The average Bonchev–Trinajstić information content (AvgIpc) is 2.88. The van der Waals surface area contributed by atoms with Gasteiger partial charge in [-0.2, -0.15) is 0 Å². The Morgan fingerprint density at radius 3 is 2.50 bits per heavy atom. The number of aromatic nitrogens is 2. The van der Waals surface area contributed by atoms with Crippen LogP contribution in [0.4, 0.5) is 0 Å². The van der Waals surface area contributed by atoms with E-state index >= 15 is 0 Å². The first-order valence-electron chi connectivity index (χ1n) is 8.27. The number of carbonyl (C=O) groups excluding carboxylic acids is 1. The van der Waals surface area contributed by atoms with Crippen molar-refractivity contribution in [1.29, 1.82) is 0 Å². The van der Waals surface area contributed by atoms with Crippen molar-refractivity contribution in [2.45, 2.75) is 40.3 Å². The van der Waals surface area contributed by atoms with Gasteiger partial charge in [0.1, 0.15) is 11.3 Å². The second-order valence-electron chi connectivity index (χ2n) is 6.49. The van der Waals surface area contributed by atoms with Gasteiger partial charge in [0.2, 0.25) is 0 Å². The fraction of sp³-hybridized carbons (Fsp3) is 0.300. The van der Waals surface area contributed by atoms with Gasteiger partial charge in [-0.15, -0.1) is 0 Å². The van der Waals surface area contributed by atoms with E-state index in [1.54, 1.807) is 0 Å². The highest BCUT2D eigenvalue weighted by atomic mass is 16.2. The molecule has 0 spiro atoms. The standard InChI is InChI=1S/C20H23N3O/c1-14(2)22(13-17-8-6-5-7-9-17)20(24)19-16(4)21-18-11-10-15(3)12-23(18)19/h5-12,14H,13H2,1-4H3. The van der Waals surface area contributed by atoms with Crippen LogP contribution in [0.2, 0.25) is 0 Å². The van der Waals surface area contributed by atoms with Crippen LogP contribution in [0.1, 0.15) is 41.2 Å². The van der Waals surface area contributed by atoms with Crippen LogP contribution in [0, 0.1) is 13.8 Å². The van der Waals surface area contributed by atoms with Crippen molar-refractivity contribution in [1.82, 2.24) is 14.3 Å². The van der Waals surface area contributed by atoms with Gasteiger partial charge in [0.15, 0.2) is 0 Å². The summed E-state index contributed by atoms with van der Waals surface area (Å²) in [5.41, 5.74) is 4.46. The lowest BCUT2D eigenvalue weighted by Crippen LogP contribution is -2.37. The fourth-order valence-electron chi connectivity index (χ4n) is 2.93. The molecule has 4 nitrogen and oxygen atoms in total. The third kappa shape index (κ3) is 3.04. The molecule has 0 saturated carbocycles. The van der Waals surface area contributed by atoms with E-state index in [9.17, 15) is 4.79 Å². The molecule has 3 rings (SSSR count). The highest BCUT2D eigenvalue weighted by Gasteiger charge is 2.24. The van der Waals surface area contributed by atoms with Crippen molar-refractivity contribution in [2.24, 2.45) is 0 Å². The molecule has 4 heteroatoms. The summed E-state index contributed by atoms with van der Waals surface area (Å²) >= 11 is 0. The van der Waals surface area contributed by atoms with E-state index in [-0.39, 0.29) is 11.9 Å². The van der Waals surface area contributed by atoms with Crippen molar-refractivity contribution < 1.29 is 4.79 Å². The van der Waals surface area contributed by atoms with Crippen LogP contribution in [-0.2, 0) is 6.54 Å². The van der Waals surface area contributed by atoms with Crippen LogP contribution >= 0.6 is 0 Å². The molecule has 24 heavy (non-hydrogen) atoms. The number of fused-ring (bicyclic) bond motifs is 1. The third-order valence-electron chi connectivity index (χ3n) is 4.22. The number of imidazole rings is 1. The van der Waals surface area contributed by atoms with E-state index in [1.165, 1.54) is 0 Å². The molecule has 2 heterocycles. The summed E-state index contributed by atoms with van der Waals surface area (Å²) in [5.74, 6) is 0.0180. The summed E-state index contributed by atoms with van der Waals surface area (Å²) in [6.45, 7) is 8.61. The van der Waals surface area contributed by atoms with E-state index in [0.29, 0.717) is 12.2 Å². The number of amides is 1. The molecule has 0 aliphatic carbocycles. The van der Waals surface area contributed by atoms with Crippen LogP contribution in [0.15, 0.2) is 48.7 Å². The summed E-state index contributed by atoms with van der Waals surface area (Å²) in [6, 6.07) is 14.2. The fourth-order valence-corrected chi connectivity index (χ4v) is 2.93. The van der Waals surface area contributed by atoms with Gasteiger partial charge < -0.3 is 4.90 Å². The lowest BCUT2D eigenvalue weighted by molar-refractivity contribution is 0.0682. The molecule has 0 N–H and O–H groups in total. The predicted octanol–water partition coefficient (Wildman–Crippen LogP) is 4.00. The van der Waals surface area contributed by atoms with E-state index in [0.717, 1.165) is 22.5 Å². The molecule has 124 valence electrons. The number of hydrogen-bond acceptors (Lipinski definition) is 2. The Balaban J connectivity index is 2.02. The molecular formula is C20H23N3O. The van der Waals surface area contributed by atoms with Crippen LogP contribution < -0.4 is 0 Å². The minimum absolute atomic E-state index is 0.0180. The first-order valence-corrected chi connectivity index (χ1v) is 8.27. The molecule has 0 radical (unpaired) electrons. The quantitative estimate of drug-likeness (QED) is 0.728. The van der Waals surface area contributed by atoms with Crippen LogP contribution in [0.25, 0.3) is 5.65 Å². The van der Waals surface area contributed by atoms with Crippen molar-refractivity contribution in [2.75, 3.05) is 0 Å². The Morgan fingerprint density at radius 2 is 1.83 bits per heavy atom. The molecule has 0 fully saturated rings. The van der Waals surface area contributed by atoms with Crippen LogP contribution in [-0.4, -0.2) is 26.2 Å². The second-order valence-corrected chi connectivity index (χ2v) is 6.49. The summed E-state index contributed by atoms with van der Waals surface area (Å²) < 4.78 is 1.91. The monoisotopic (exact) mass is 321 g/mol. The van der Waals surface area contributed by atoms with E-state index in [1.807, 2.05) is 85.7 Å². The van der Waals surface area contributed by atoms with Gasteiger partial charge in [0.05, 0.1) is 5.69 Å². The Morgan fingerprint density at radius 1 is 1.12 bits per heavy atom. The molecule has 2 aromatic heterocycles. The molecule has 3 aromatic rings. The van der Waals surface area contributed by atoms with Crippen LogP contribution in [0.5, 0.6) is 0 Å². The number of nitrogens with zero attached hydrogens (tertiary/aromatic N) is 3. The number of benzene rings is 1. The van der Waals surface area contributed by atoms with Gasteiger partial charge >= 0.3 is 0 Å². The molecule has 0 saturated heterocycles. The van der Waals surface area contributed by atoms with Crippen molar-refractivity contribution in [3.05, 3.63) is 71.2 Å². The largest absolute Gasteiger partial charge is 0.331 e. The molecule has 0 unspecified atom stereocenters. The number of carbonyl (C=O) groups is 1. The zero-order chi connectivity index (χ0) is 17.3. The smallest absolute Gasteiger partial charge is 0.273 e. The minimum atomic E-state index is 0.0180. The van der Waals surface area contributed by atoms with E-state index < -0.39 is 0 Å². The lowest BCUT2D eigenvalue weighted by Gasteiger charge is -2.27. The Kier molecular flexibility index (Phi) is 4.38. The Labute approximate surface area is 142 Å². The maximum absolute atomic E-state index is 13.3. The predicted molar refractivity (Wildman–Crippen MR) is 96.1 cm³/mol. The number of hydrogen-bond donors (Lipinski definition) is 0. The van der Waals surface area contributed by atoms with Gasteiger partial charge in [-0.25, -0.2) is 4.98 Å². The van der Waals surface area contributed by atoms with Crippen LogP contribution in [0.3, 0.4) is 0 Å². The maximum atomic E-state index is 13.3. The second kappa shape index (κ2) is 6.48. The summed E-state index contributed by atoms with van der Waals surface area (Å²) in [4.78, 5) is 19.7. The van der Waals surface area contributed by atoms with Gasteiger partial charge in [0, 0.05) is 18.8 Å². The minimum Gasteiger partial charge on any atom is -0.331 e. The summed E-state index contributed by atoms with van der Waals surface area (Å²) in [6.07, 6.45) is 1.98. The number of rotatable bonds is 4. The van der Waals surface area contributed by atoms with Gasteiger partial charge in [-0.05, 0) is 44.9 Å². The Hall–Kier alpha value is -2.62. The van der Waals surface area contributed by atoms with Crippen molar-refractivity contribution >= 4 is 11.6 Å². The molecule has 0 aliphatic rings. The first kappa shape index (κ1) is 16.2. The molecule has 0 aliphatic heterocycles. The zero-order valence-corrected chi connectivity index (χ0v) is 14.7. The van der Waals surface area contributed by atoms with Gasteiger partial charge in [-0.3, -0.25) is 9.20 Å². The molecule has 1 aromatic carbocycles. The topological polar surface area (TPSA) is 37.6 Å².